The highest BCUT2D eigenvalue weighted by molar-refractivity contribution is 9.10. The van der Waals surface area contributed by atoms with Crippen molar-refractivity contribution in [1.29, 1.82) is 0 Å². The summed E-state index contributed by atoms with van der Waals surface area (Å²) in [5.41, 5.74) is 3.03. The summed E-state index contributed by atoms with van der Waals surface area (Å²) in [5.74, 6) is 3.50. The number of nitrogens with zero attached hydrogens (tertiary/aromatic N) is 4. The van der Waals surface area contributed by atoms with Crippen molar-refractivity contribution in [1.82, 2.24) is 19.7 Å². The van der Waals surface area contributed by atoms with Gasteiger partial charge in [-0.1, -0.05) is 39.8 Å². The molecule has 29 heavy (non-hydrogen) atoms. The normalized spacial score (nSPS) is 23.5. The van der Waals surface area contributed by atoms with E-state index in [2.05, 4.69) is 55.3 Å². The minimum atomic E-state index is 0.424. The summed E-state index contributed by atoms with van der Waals surface area (Å²) in [7, 11) is 2.01. The summed E-state index contributed by atoms with van der Waals surface area (Å²) in [6.45, 7) is 5.63. The van der Waals surface area contributed by atoms with E-state index in [-0.39, 0.29) is 0 Å². The maximum Gasteiger partial charge on any atom is 0.200 e. The Kier molecular flexibility index (Phi) is 5.08. The molecule has 1 saturated carbocycles. The van der Waals surface area contributed by atoms with Gasteiger partial charge in [0.2, 0.25) is 0 Å². The molecule has 2 fully saturated rings. The second kappa shape index (κ2) is 7.60. The number of likely N-dealkylation sites (tertiary alicyclic amines) is 1. The molecule has 1 aromatic carbocycles. The van der Waals surface area contributed by atoms with Gasteiger partial charge in [-0.25, -0.2) is 0 Å². The Morgan fingerprint density at radius 3 is 2.83 bits per heavy atom. The monoisotopic (exact) mass is 472 g/mol. The Hall–Kier alpha value is -1.57. The second-order valence-electron chi connectivity index (χ2n) is 8.30. The lowest BCUT2D eigenvalue weighted by atomic mass is 9.95. The van der Waals surface area contributed by atoms with Crippen molar-refractivity contribution in [3.05, 3.63) is 52.2 Å². The molecule has 0 radical (unpaired) electrons. The maximum absolute atomic E-state index is 5.56. The van der Waals surface area contributed by atoms with Crippen LogP contribution in [-0.4, -0.2) is 45.1 Å². The van der Waals surface area contributed by atoms with Gasteiger partial charge in [0.15, 0.2) is 16.7 Å². The van der Waals surface area contributed by atoms with Crippen LogP contribution < -0.4 is 0 Å². The van der Waals surface area contributed by atoms with Crippen molar-refractivity contribution in [2.75, 3.05) is 25.4 Å². The first-order chi connectivity index (χ1) is 14.1. The van der Waals surface area contributed by atoms with Crippen LogP contribution in [0, 0.1) is 12.8 Å². The molecule has 0 N–H and O–H groups in total. The zero-order valence-corrected chi connectivity index (χ0v) is 19.2. The van der Waals surface area contributed by atoms with Crippen LogP contribution in [-0.2, 0) is 12.5 Å². The van der Waals surface area contributed by atoms with Crippen molar-refractivity contribution < 1.29 is 4.42 Å². The third kappa shape index (κ3) is 3.57. The van der Waals surface area contributed by atoms with Crippen LogP contribution in [0.3, 0.4) is 0 Å². The predicted molar refractivity (Wildman–Crippen MR) is 119 cm³/mol. The van der Waals surface area contributed by atoms with Gasteiger partial charge in [-0.15, -0.1) is 10.2 Å². The summed E-state index contributed by atoms with van der Waals surface area (Å²) in [5, 5.41) is 9.63. The third-order valence-electron chi connectivity index (χ3n) is 6.39. The summed E-state index contributed by atoms with van der Waals surface area (Å²) in [6.07, 6.45) is 4.22. The van der Waals surface area contributed by atoms with E-state index in [4.69, 9.17) is 4.42 Å². The second-order valence-corrected chi connectivity index (χ2v) is 10.3. The molecule has 0 bridgehead atoms. The summed E-state index contributed by atoms with van der Waals surface area (Å²) in [4.78, 5) is 2.64. The molecule has 2 aromatic heterocycles. The number of aromatic nitrogens is 3. The molecule has 3 heterocycles. The maximum atomic E-state index is 5.56. The van der Waals surface area contributed by atoms with E-state index in [1.54, 1.807) is 18.0 Å². The molecule has 1 aliphatic carbocycles. The fraction of sp³-hybridized carbons (Fsp3) is 0.455. The van der Waals surface area contributed by atoms with Crippen LogP contribution in [0.25, 0.3) is 11.6 Å². The molecular formula is C22H25BrN4OS. The smallest absolute Gasteiger partial charge is 0.200 e. The number of furan rings is 1. The highest BCUT2D eigenvalue weighted by atomic mass is 79.9. The molecule has 0 spiro atoms. The number of rotatable bonds is 7. The van der Waals surface area contributed by atoms with E-state index >= 15 is 0 Å². The predicted octanol–water partition coefficient (Wildman–Crippen LogP) is 4.90. The number of hydrogen-bond donors (Lipinski definition) is 0. The average molecular weight is 473 g/mol. The van der Waals surface area contributed by atoms with Crippen LogP contribution in [0.15, 0.2) is 50.6 Å². The van der Waals surface area contributed by atoms with Gasteiger partial charge in [-0.3, -0.25) is 0 Å². The first kappa shape index (κ1) is 19.4. The lowest BCUT2D eigenvalue weighted by Gasteiger charge is -2.21. The van der Waals surface area contributed by atoms with Gasteiger partial charge in [0.25, 0.3) is 0 Å². The van der Waals surface area contributed by atoms with Crippen molar-refractivity contribution in [2.45, 2.75) is 30.3 Å². The summed E-state index contributed by atoms with van der Waals surface area (Å²) in [6, 6.07) is 10.9. The zero-order chi connectivity index (χ0) is 20.0. The van der Waals surface area contributed by atoms with Gasteiger partial charge in [-0.2, -0.15) is 0 Å². The topological polar surface area (TPSA) is 47.1 Å². The molecular weight excluding hydrogens is 448 g/mol. The Labute approximate surface area is 184 Å². The number of fused-ring (bicyclic) bond motifs is 1. The molecule has 152 valence electrons. The van der Waals surface area contributed by atoms with E-state index < -0.39 is 0 Å². The van der Waals surface area contributed by atoms with Crippen molar-refractivity contribution in [2.24, 2.45) is 13.0 Å². The molecule has 5 nitrogen and oxygen atoms in total. The van der Waals surface area contributed by atoms with E-state index in [9.17, 15) is 0 Å². The number of aryl methyl sites for hydroxylation is 1. The first-order valence-corrected chi connectivity index (χ1v) is 11.9. The SMILES string of the molecule is Cc1ccoc1-c1nnc(SCCCN2C[C@@H]3C[C@]3(c3ccc(Br)cc3)C2)n1C. The minimum Gasteiger partial charge on any atom is -0.461 e. The van der Waals surface area contributed by atoms with E-state index in [0.717, 1.165) is 51.4 Å². The fourth-order valence-electron chi connectivity index (χ4n) is 4.68. The highest BCUT2D eigenvalue weighted by Crippen LogP contribution is 2.59. The van der Waals surface area contributed by atoms with Crippen molar-refractivity contribution in [3.8, 4) is 11.6 Å². The van der Waals surface area contributed by atoms with E-state index in [1.807, 2.05) is 24.6 Å². The minimum absolute atomic E-state index is 0.424. The molecule has 0 unspecified atom stereocenters. The lowest BCUT2D eigenvalue weighted by molar-refractivity contribution is 0.299. The molecule has 7 heteroatoms. The largest absolute Gasteiger partial charge is 0.461 e. The Morgan fingerprint density at radius 2 is 2.07 bits per heavy atom. The highest BCUT2D eigenvalue weighted by Gasteiger charge is 2.60. The Balaban J connectivity index is 1.13. The van der Waals surface area contributed by atoms with Gasteiger partial charge in [-0.05, 0) is 61.6 Å². The zero-order valence-electron chi connectivity index (χ0n) is 16.8. The average Bonchev–Trinajstić information content (AvgIpc) is 3.02. The number of piperidine rings is 1. The Bertz CT molecular complexity index is 1010. The van der Waals surface area contributed by atoms with E-state index in [0.29, 0.717) is 5.41 Å². The Morgan fingerprint density at radius 1 is 1.24 bits per heavy atom. The molecule has 1 saturated heterocycles. The van der Waals surface area contributed by atoms with Crippen LogP contribution in [0.5, 0.6) is 0 Å². The first-order valence-electron chi connectivity index (χ1n) is 10.1. The molecule has 1 aliphatic heterocycles. The van der Waals surface area contributed by atoms with Gasteiger partial charge in [0.05, 0.1) is 6.26 Å². The number of halogens is 1. The van der Waals surface area contributed by atoms with Gasteiger partial charge >= 0.3 is 0 Å². The summed E-state index contributed by atoms with van der Waals surface area (Å²) >= 11 is 5.33. The van der Waals surface area contributed by atoms with Gasteiger partial charge in [0, 0.05) is 35.8 Å². The van der Waals surface area contributed by atoms with Crippen LogP contribution in [0.1, 0.15) is 24.0 Å². The van der Waals surface area contributed by atoms with E-state index in [1.165, 1.54) is 25.1 Å². The molecule has 0 amide bonds. The van der Waals surface area contributed by atoms with Crippen molar-refractivity contribution in [3.63, 3.8) is 0 Å². The molecule has 2 aliphatic rings. The van der Waals surface area contributed by atoms with Crippen LogP contribution in [0.4, 0.5) is 0 Å². The van der Waals surface area contributed by atoms with Crippen LogP contribution in [0.2, 0.25) is 0 Å². The number of thioether (sulfide) groups is 1. The molecule has 3 aromatic rings. The fourth-order valence-corrected chi connectivity index (χ4v) is 5.78. The van der Waals surface area contributed by atoms with Gasteiger partial charge < -0.3 is 13.9 Å². The summed E-state index contributed by atoms with van der Waals surface area (Å²) < 4.78 is 8.76. The number of hydrogen-bond acceptors (Lipinski definition) is 5. The van der Waals surface area contributed by atoms with Crippen molar-refractivity contribution >= 4 is 27.7 Å². The standard InChI is InChI=1S/C22H25BrN4OS/c1-15-8-10-28-19(15)20-24-25-21(26(20)2)29-11-3-9-27-13-17-12-22(17,14-27)16-4-6-18(23)7-5-16/h4-8,10,17H,3,9,11-14H2,1-2H3/t17-,22+/m0/s1. The molecule has 2 atom stereocenters. The van der Waals surface area contributed by atoms with Gasteiger partial charge in [0.1, 0.15) is 0 Å². The third-order valence-corrected chi connectivity index (χ3v) is 8.02. The number of benzene rings is 1. The lowest BCUT2D eigenvalue weighted by Crippen LogP contribution is -2.27. The van der Waals surface area contributed by atoms with Crippen LogP contribution >= 0.6 is 27.7 Å². The molecule has 5 rings (SSSR count). The quantitative estimate of drug-likeness (QED) is 0.361.